The van der Waals surface area contributed by atoms with E-state index in [4.69, 9.17) is 0 Å². The minimum absolute atomic E-state index is 0.00537. The molecule has 1 saturated carbocycles. The van der Waals surface area contributed by atoms with Crippen molar-refractivity contribution in [1.82, 2.24) is 0 Å². The fourth-order valence-corrected chi connectivity index (χ4v) is 5.18. The van der Waals surface area contributed by atoms with Crippen molar-refractivity contribution in [2.45, 2.75) is 106 Å². The maximum atomic E-state index is 14.2. The quantitative estimate of drug-likeness (QED) is 0.110. The molecule has 1 aliphatic rings. The first-order valence-corrected chi connectivity index (χ1v) is 11.7. The van der Waals surface area contributed by atoms with Gasteiger partial charge in [0.1, 0.15) is 29.9 Å². The maximum absolute atomic E-state index is 14.2. The van der Waals surface area contributed by atoms with E-state index in [1.807, 2.05) is 0 Å². The summed E-state index contributed by atoms with van der Waals surface area (Å²) in [6.45, 7) is 2.19. The number of hydrogen-bond acceptors (Lipinski definition) is 5. The Morgan fingerprint density at radius 2 is 1.15 bits per heavy atom. The second-order valence-corrected chi connectivity index (χ2v) is 9.15. The molecule has 0 N–H and O–H groups in total. The Hall–Kier alpha value is 0.300. The van der Waals surface area contributed by atoms with Crippen LogP contribution in [0.3, 0.4) is 0 Å². The first-order chi connectivity index (χ1) is 13.0. The molecule has 0 radical (unpaired) electrons. The van der Waals surface area contributed by atoms with Crippen molar-refractivity contribution in [3.8, 4) is 0 Å². The molecule has 4 atom stereocenters. The van der Waals surface area contributed by atoms with Crippen LogP contribution in [0, 0.1) is 0 Å². The molecule has 27 heavy (non-hydrogen) atoms. The van der Waals surface area contributed by atoms with E-state index >= 15 is 0 Å². The Labute approximate surface area is 168 Å². The molecular weight excluding hydrogens is 404 g/mol. The first kappa shape index (κ1) is 25.3. The zero-order chi connectivity index (χ0) is 20.1. The summed E-state index contributed by atoms with van der Waals surface area (Å²) in [5.41, 5.74) is 0. The van der Waals surface area contributed by atoms with Gasteiger partial charge in [0.15, 0.2) is 0 Å². The average Bonchev–Trinajstić information content (AvgIpc) is 2.67. The van der Waals surface area contributed by atoms with E-state index in [9.17, 15) is 22.8 Å². The van der Waals surface area contributed by atoms with E-state index in [0.29, 0.717) is 5.75 Å². The van der Waals surface area contributed by atoms with Crippen LogP contribution in [0.5, 0.6) is 0 Å². The van der Waals surface area contributed by atoms with Crippen LogP contribution >= 0.6 is 23.8 Å². The van der Waals surface area contributed by atoms with Crippen LogP contribution < -0.4 is 5.26 Å². The van der Waals surface area contributed by atoms with Gasteiger partial charge in [0.25, 0.3) is 0 Å². The summed E-state index contributed by atoms with van der Waals surface area (Å²) in [6, 6.07) is 0. The minimum Gasteiger partial charge on any atom is -0.691 e. The van der Waals surface area contributed by atoms with E-state index in [1.165, 1.54) is 38.5 Å². The highest BCUT2D eigenvalue weighted by Crippen LogP contribution is 2.41. The fourth-order valence-electron chi connectivity index (χ4n) is 3.24. The van der Waals surface area contributed by atoms with E-state index in [-0.39, 0.29) is 12.0 Å². The second kappa shape index (κ2) is 15.2. The van der Waals surface area contributed by atoms with Gasteiger partial charge in [-0.1, -0.05) is 64.7 Å². The van der Waals surface area contributed by atoms with Gasteiger partial charge in [-0.15, -0.1) is 0 Å². The highest BCUT2D eigenvalue weighted by molar-refractivity contribution is 8.00. The van der Waals surface area contributed by atoms with Crippen LogP contribution in [-0.4, -0.2) is 40.9 Å². The van der Waals surface area contributed by atoms with Crippen molar-refractivity contribution in [3.63, 3.8) is 0 Å². The molecule has 162 valence electrons. The largest absolute Gasteiger partial charge is 0.691 e. The van der Waals surface area contributed by atoms with Gasteiger partial charge in [-0.3, -0.25) is 5.04 Å². The molecule has 1 rings (SSSR count). The minimum atomic E-state index is -2.25. The molecule has 0 aromatic rings. The van der Waals surface area contributed by atoms with Crippen molar-refractivity contribution in [1.29, 1.82) is 0 Å². The maximum Gasteiger partial charge on any atom is 0.149 e. The Morgan fingerprint density at radius 1 is 0.704 bits per heavy atom. The third-order valence-electron chi connectivity index (χ3n) is 4.85. The van der Waals surface area contributed by atoms with Crippen molar-refractivity contribution in [2.24, 2.45) is 0 Å². The molecule has 3 nitrogen and oxygen atoms in total. The summed E-state index contributed by atoms with van der Waals surface area (Å²) >= 11 is 0.946. The summed E-state index contributed by atoms with van der Waals surface area (Å²) in [5, 5.41) is 9.65. The number of thioether (sulfide) groups is 1. The number of rotatable bonds is 15. The lowest BCUT2D eigenvalue weighted by molar-refractivity contribution is -0.777. The van der Waals surface area contributed by atoms with E-state index in [2.05, 4.69) is 16.3 Å². The van der Waals surface area contributed by atoms with Crippen molar-refractivity contribution >= 4 is 23.8 Å². The number of hydrogen-bond donors (Lipinski definition) is 0. The van der Waals surface area contributed by atoms with Gasteiger partial charge in [0.05, 0.1) is 5.25 Å². The zero-order valence-electron chi connectivity index (χ0n) is 15.8. The average molecular weight is 436 g/mol. The molecule has 0 heterocycles. The van der Waals surface area contributed by atoms with Gasteiger partial charge in [-0.05, 0) is 12.2 Å². The van der Waals surface area contributed by atoms with Crippen LogP contribution in [0.25, 0.3) is 0 Å². The Balaban J connectivity index is 2.17. The molecule has 0 spiro atoms. The molecule has 0 saturated heterocycles. The van der Waals surface area contributed by atoms with Gasteiger partial charge in [-0.25, -0.2) is 17.6 Å². The number of halogens is 4. The molecule has 0 bridgehead atoms. The lowest BCUT2D eigenvalue weighted by atomic mass is 9.92. The molecule has 1 fully saturated rings. The summed E-state index contributed by atoms with van der Waals surface area (Å²) in [4.78, 5) is 0. The molecular formula is C18H31F4O3S2-. The molecule has 9 heteroatoms. The third kappa shape index (κ3) is 9.10. The number of alkyl halides is 4. The Morgan fingerprint density at radius 3 is 1.63 bits per heavy atom. The van der Waals surface area contributed by atoms with Crippen molar-refractivity contribution in [2.75, 3.05) is 5.75 Å². The molecule has 0 aromatic heterocycles. The Bertz CT molecular complexity index is 355. The second-order valence-electron chi connectivity index (χ2n) is 6.99. The van der Waals surface area contributed by atoms with Crippen LogP contribution in [0.1, 0.15) is 71.1 Å². The van der Waals surface area contributed by atoms with Crippen LogP contribution in [0.4, 0.5) is 17.6 Å². The SMILES string of the molecule is CCCCCCCCCCCCSC1C(F)C(F)C(SOO[O-])C(F)C1F. The molecule has 0 aliphatic heterocycles. The lowest BCUT2D eigenvalue weighted by Crippen LogP contribution is -2.55. The van der Waals surface area contributed by atoms with Gasteiger partial charge >= 0.3 is 0 Å². The van der Waals surface area contributed by atoms with Gasteiger partial charge in [0.2, 0.25) is 0 Å². The smallest absolute Gasteiger partial charge is 0.149 e. The normalized spacial score (nSPS) is 31.3. The molecule has 0 aromatic carbocycles. The summed E-state index contributed by atoms with van der Waals surface area (Å²) in [7, 11) is 0. The van der Waals surface area contributed by atoms with Gasteiger partial charge in [0, 0.05) is 12.0 Å². The monoisotopic (exact) mass is 435 g/mol. The van der Waals surface area contributed by atoms with Crippen molar-refractivity contribution < 1.29 is 32.2 Å². The van der Waals surface area contributed by atoms with Gasteiger partial charge < -0.3 is 5.26 Å². The predicted octanol–water partition coefficient (Wildman–Crippen LogP) is 5.62. The highest BCUT2D eigenvalue weighted by Gasteiger charge is 2.54. The third-order valence-corrected chi connectivity index (χ3v) is 7.16. The van der Waals surface area contributed by atoms with E-state index in [0.717, 1.165) is 37.4 Å². The highest BCUT2D eigenvalue weighted by atomic mass is 32.2. The van der Waals surface area contributed by atoms with Crippen LogP contribution in [0.2, 0.25) is 0 Å². The Kier molecular flexibility index (Phi) is 14.2. The van der Waals surface area contributed by atoms with Gasteiger partial charge in [-0.2, -0.15) is 16.1 Å². The van der Waals surface area contributed by atoms with Crippen LogP contribution in [0.15, 0.2) is 0 Å². The van der Waals surface area contributed by atoms with E-state index < -0.39 is 35.2 Å². The van der Waals surface area contributed by atoms with Crippen LogP contribution in [-0.2, 0) is 9.37 Å². The summed E-state index contributed by atoms with van der Waals surface area (Å²) in [5.74, 6) is 0.472. The molecule has 1 aliphatic carbocycles. The predicted molar refractivity (Wildman–Crippen MR) is 101 cm³/mol. The lowest BCUT2D eigenvalue weighted by Gasteiger charge is -2.38. The number of unbranched alkanes of at least 4 members (excludes halogenated alkanes) is 9. The first-order valence-electron chi connectivity index (χ1n) is 9.84. The standard InChI is InChI=1S/C18H32F4O3S2/c1-2-3-4-5-6-7-8-9-10-11-12-26-17-13(19)15(21)18(27-25-24-23)16(22)14(17)20/h13-18,23H,2-12H2,1H3/p-1. The topological polar surface area (TPSA) is 41.5 Å². The van der Waals surface area contributed by atoms with E-state index in [1.54, 1.807) is 0 Å². The van der Waals surface area contributed by atoms with Crippen molar-refractivity contribution in [3.05, 3.63) is 0 Å². The summed E-state index contributed by atoms with van der Waals surface area (Å²) in [6.07, 6.45) is 2.72. The molecule has 0 amide bonds. The molecule has 4 unspecified atom stereocenters. The fraction of sp³-hybridized carbons (Fsp3) is 1.00. The summed E-state index contributed by atoms with van der Waals surface area (Å²) < 4.78 is 60.2. The zero-order valence-corrected chi connectivity index (χ0v) is 17.4.